The van der Waals surface area contributed by atoms with E-state index in [-0.39, 0.29) is 12.4 Å². The Morgan fingerprint density at radius 2 is 1.72 bits per heavy atom. The van der Waals surface area contributed by atoms with Gasteiger partial charge in [0.05, 0.1) is 6.61 Å². The Hall–Kier alpha value is -2.04. The topological polar surface area (TPSA) is 64.7 Å². The van der Waals surface area contributed by atoms with Crippen LogP contribution in [0.3, 0.4) is 0 Å². The summed E-state index contributed by atoms with van der Waals surface area (Å²) in [5.74, 6) is 5.54. The zero-order valence-corrected chi connectivity index (χ0v) is 9.87. The van der Waals surface area contributed by atoms with Gasteiger partial charge in [0.15, 0.2) is 11.5 Å². The van der Waals surface area contributed by atoms with Gasteiger partial charge in [-0.1, -0.05) is 36.4 Å². The third kappa shape index (κ3) is 3.23. The minimum absolute atomic E-state index is 0.103. The molecule has 0 radical (unpaired) electrons. The number of nitrogens with two attached hydrogens (primary N) is 1. The van der Waals surface area contributed by atoms with E-state index in [4.69, 9.17) is 10.6 Å². The number of ether oxygens (including phenoxy) is 1. The fraction of sp³-hybridized carbons (Fsp3) is 0.143. The molecule has 0 atom stereocenters. The van der Waals surface area contributed by atoms with Crippen LogP contribution in [0.15, 0.2) is 48.5 Å². The largest absolute Gasteiger partial charge is 0.504 e. The van der Waals surface area contributed by atoms with Crippen LogP contribution in [0, 0.1) is 0 Å². The highest BCUT2D eigenvalue weighted by Crippen LogP contribution is 2.27. The Labute approximate surface area is 106 Å². The molecule has 0 aliphatic heterocycles. The number of phenols is 1. The van der Waals surface area contributed by atoms with Gasteiger partial charge < -0.3 is 9.84 Å². The summed E-state index contributed by atoms with van der Waals surface area (Å²) in [6, 6.07) is 14.8. The molecule has 0 fully saturated rings. The summed E-state index contributed by atoms with van der Waals surface area (Å²) >= 11 is 0. The SMILES string of the molecule is NOCc1ccc(O)c(OCc2ccccc2)c1. The summed E-state index contributed by atoms with van der Waals surface area (Å²) in [5, 5.41) is 9.68. The lowest BCUT2D eigenvalue weighted by Gasteiger charge is -2.09. The number of phenolic OH excluding ortho intramolecular Hbond substituents is 1. The van der Waals surface area contributed by atoms with Gasteiger partial charge in [0.25, 0.3) is 0 Å². The monoisotopic (exact) mass is 245 g/mol. The van der Waals surface area contributed by atoms with Gasteiger partial charge in [-0.3, -0.25) is 4.84 Å². The maximum Gasteiger partial charge on any atom is 0.161 e. The molecule has 4 heteroatoms. The summed E-state index contributed by atoms with van der Waals surface area (Å²) in [4.78, 5) is 4.55. The van der Waals surface area contributed by atoms with Crippen LogP contribution in [0.2, 0.25) is 0 Å². The van der Waals surface area contributed by atoms with Gasteiger partial charge in [-0.05, 0) is 23.3 Å². The van der Waals surface area contributed by atoms with E-state index in [9.17, 15) is 5.11 Å². The number of hydrogen-bond donors (Lipinski definition) is 2. The minimum Gasteiger partial charge on any atom is -0.504 e. The summed E-state index contributed by atoms with van der Waals surface area (Å²) < 4.78 is 5.56. The third-order valence-electron chi connectivity index (χ3n) is 2.51. The fourth-order valence-electron chi connectivity index (χ4n) is 1.60. The van der Waals surface area contributed by atoms with E-state index in [1.165, 1.54) is 0 Å². The van der Waals surface area contributed by atoms with Gasteiger partial charge >= 0.3 is 0 Å². The molecule has 2 rings (SSSR count). The Morgan fingerprint density at radius 3 is 2.44 bits per heavy atom. The van der Waals surface area contributed by atoms with Crippen LogP contribution in [-0.2, 0) is 18.1 Å². The third-order valence-corrected chi connectivity index (χ3v) is 2.51. The van der Waals surface area contributed by atoms with Gasteiger partial charge in [0, 0.05) is 0 Å². The Kier molecular flexibility index (Phi) is 4.17. The van der Waals surface area contributed by atoms with Crippen molar-refractivity contribution in [1.82, 2.24) is 0 Å². The predicted molar refractivity (Wildman–Crippen MR) is 67.9 cm³/mol. The molecule has 0 aromatic heterocycles. The summed E-state index contributed by atoms with van der Waals surface area (Å²) in [5.41, 5.74) is 1.88. The minimum atomic E-state index is 0.103. The average Bonchev–Trinajstić information content (AvgIpc) is 2.41. The van der Waals surface area contributed by atoms with Crippen molar-refractivity contribution in [2.24, 2.45) is 5.90 Å². The zero-order valence-electron chi connectivity index (χ0n) is 9.87. The van der Waals surface area contributed by atoms with E-state index in [1.807, 2.05) is 30.3 Å². The lowest BCUT2D eigenvalue weighted by molar-refractivity contribution is 0.123. The van der Waals surface area contributed by atoms with Crippen molar-refractivity contribution < 1.29 is 14.7 Å². The van der Waals surface area contributed by atoms with Crippen molar-refractivity contribution in [3.63, 3.8) is 0 Å². The number of rotatable bonds is 5. The van der Waals surface area contributed by atoms with E-state index in [2.05, 4.69) is 4.84 Å². The van der Waals surface area contributed by atoms with Crippen LogP contribution in [0.4, 0.5) is 0 Å². The van der Waals surface area contributed by atoms with Crippen molar-refractivity contribution >= 4 is 0 Å². The normalized spacial score (nSPS) is 10.3. The molecular weight excluding hydrogens is 230 g/mol. The van der Waals surface area contributed by atoms with Gasteiger partial charge in [-0.2, -0.15) is 0 Å². The van der Waals surface area contributed by atoms with Gasteiger partial charge in [0.1, 0.15) is 6.61 Å². The maximum absolute atomic E-state index is 9.68. The second-order valence-electron chi connectivity index (χ2n) is 3.89. The molecular formula is C14H15NO3. The van der Waals surface area contributed by atoms with Gasteiger partial charge in [-0.25, -0.2) is 5.90 Å². The first-order valence-corrected chi connectivity index (χ1v) is 5.60. The van der Waals surface area contributed by atoms with E-state index in [0.717, 1.165) is 11.1 Å². The zero-order chi connectivity index (χ0) is 12.8. The van der Waals surface area contributed by atoms with Crippen LogP contribution >= 0.6 is 0 Å². The van der Waals surface area contributed by atoms with Crippen molar-refractivity contribution in [2.75, 3.05) is 0 Å². The van der Waals surface area contributed by atoms with Gasteiger partial charge in [0.2, 0.25) is 0 Å². The number of benzene rings is 2. The van der Waals surface area contributed by atoms with E-state index in [0.29, 0.717) is 12.4 Å². The lowest BCUT2D eigenvalue weighted by atomic mass is 10.2. The molecule has 3 N–H and O–H groups in total. The Morgan fingerprint density at radius 1 is 0.944 bits per heavy atom. The maximum atomic E-state index is 9.68. The van der Waals surface area contributed by atoms with Crippen molar-refractivity contribution in [1.29, 1.82) is 0 Å². The van der Waals surface area contributed by atoms with Crippen LogP contribution in [0.25, 0.3) is 0 Å². The molecule has 0 spiro atoms. The summed E-state index contributed by atoms with van der Waals surface area (Å²) in [6.45, 7) is 0.684. The van der Waals surface area contributed by atoms with Crippen molar-refractivity contribution in [2.45, 2.75) is 13.2 Å². The highest BCUT2D eigenvalue weighted by molar-refractivity contribution is 5.41. The summed E-state index contributed by atoms with van der Waals surface area (Å²) in [6.07, 6.45) is 0. The second-order valence-corrected chi connectivity index (χ2v) is 3.89. The molecule has 18 heavy (non-hydrogen) atoms. The molecule has 0 unspecified atom stereocenters. The van der Waals surface area contributed by atoms with Gasteiger partial charge in [-0.15, -0.1) is 0 Å². The molecule has 2 aromatic rings. The smallest absolute Gasteiger partial charge is 0.161 e. The first-order valence-electron chi connectivity index (χ1n) is 5.60. The van der Waals surface area contributed by atoms with E-state index < -0.39 is 0 Å². The highest BCUT2D eigenvalue weighted by Gasteiger charge is 2.04. The highest BCUT2D eigenvalue weighted by atomic mass is 16.6. The fourth-order valence-corrected chi connectivity index (χ4v) is 1.60. The Balaban J connectivity index is 2.06. The molecule has 0 aliphatic carbocycles. The molecule has 0 heterocycles. The van der Waals surface area contributed by atoms with E-state index >= 15 is 0 Å². The van der Waals surface area contributed by atoms with E-state index in [1.54, 1.807) is 18.2 Å². The van der Waals surface area contributed by atoms with Crippen LogP contribution in [-0.4, -0.2) is 5.11 Å². The van der Waals surface area contributed by atoms with Crippen LogP contribution < -0.4 is 10.6 Å². The predicted octanol–water partition coefficient (Wildman–Crippen LogP) is 2.36. The lowest BCUT2D eigenvalue weighted by Crippen LogP contribution is -2.00. The summed E-state index contributed by atoms with van der Waals surface area (Å²) in [7, 11) is 0. The average molecular weight is 245 g/mol. The Bertz CT molecular complexity index is 500. The van der Waals surface area contributed by atoms with Crippen LogP contribution in [0.5, 0.6) is 11.5 Å². The first kappa shape index (κ1) is 12.4. The number of hydrogen-bond acceptors (Lipinski definition) is 4. The molecule has 0 aliphatic rings. The molecule has 2 aromatic carbocycles. The first-order chi connectivity index (χ1) is 8.79. The molecule has 0 bridgehead atoms. The molecule has 4 nitrogen and oxygen atoms in total. The number of aromatic hydroxyl groups is 1. The molecule has 0 amide bonds. The standard InChI is InChI=1S/C14H15NO3/c15-18-10-12-6-7-13(16)14(8-12)17-9-11-4-2-1-3-5-11/h1-8,16H,9-10,15H2. The molecule has 0 saturated carbocycles. The molecule has 94 valence electrons. The second kappa shape index (κ2) is 6.05. The van der Waals surface area contributed by atoms with Crippen LogP contribution in [0.1, 0.15) is 11.1 Å². The van der Waals surface area contributed by atoms with Crippen molar-refractivity contribution in [3.05, 3.63) is 59.7 Å². The quantitative estimate of drug-likeness (QED) is 0.794. The molecule has 0 saturated heterocycles. The van der Waals surface area contributed by atoms with Crippen molar-refractivity contribution in [3.8, 4) is 11.5 Å².